The molecule has 5 nitrogen and oxygen atoms in total. The van der Waals surface area contributed by atoms with Gasteiger partial charge in [0.15, 0.2) is 0 Å². The van der Waals surface area contributed by atoms with E-state index in [2.05, 4.69) is 10.4 Å². The first kappa shape index (κ1) is 17.0. The Morgan fingerprint density at radius 2 is 2.04 bits per heavy atom. The first-order valence-corrected chi connectivity index (χ1v) is 8.28. The first-order chi connectivity index (χ1) is 12.0. The molecule has 25 heavy (non-hydrogen) atoms. The van der Waals surface area contributed by atoms with E-state index in [9.17, 15) is 18.4 Å². The van der Waals surface area contributed by atoms with Crippen molar-refractivity contribution >= 4 is 17.2 Å². The molecular weight excluding hydrogens is 348 g/mol. The van der Waals surface area contributed by atoms with Crippen molar-refractivity contribution in [1.82, 2.24) is 15.1 Å². The second-order valence-corrected chi connectivity index (χ2v) is 6.09. The summed E-state index contributed by atoms with van der Waals surface area (Å²) in [7, 11) is 0. The van der Waals surface area contributed by atoms with E-state index in [1.165, 1.54) is 22.1 Å². The van der Waals surface area contributed by atoms with Crippen LogP contribution < -0.4 is 10.9 Å². The molecule has 2 aromatic heterocycles. The van der Waals surface area contributed by atoms with Crippen molar-refractivity contribution in [3.8, 4) is 10.6 Å². The van der Waals surface area contributed by atoms with Crippen molar-refractivity contribution < 1.29 is 13.6 Å². The molecule has 0 spiro atoms. The molecule has 128 valence electrons. The highest BCUT2D eigenvalue weighted by atomic mass is 32.1. The maximum atomic E-state index is 13.6. The van der Waals surface area contributed by atoms with Crippen LogP contribution in [0.15, 0.2) is 52.6 Å². The molecule has 2 heterocycles. The van der Waals surface area contributed by atoms with Crippen LogP contribution in [0.1, 0.15) is 10.4 Å². The lowest BCUT2D eigenvalue weighted by molar-refractivity contribution is 0.0947. The van der Waals surface area contributed by atoms with Crippen LogP contribution in [0.2, 0.25) is 0 Å². The third-order valence-corrected chi connectivity index (χ3v) is 4.32. The number of thiophene rings is 1. The van der Waals surface area contributed by atoms with Crippen LogP contribution in [0.25, 0.3) is 10.6 Å². The summed E-state index contributed by atoms with van der Waals surface area (Å²) in [6.45, 7) is 0.211. The predicted molar refractivity (Wildman–Crippen MR) is 90.5 cm³/mol. The number of nitrogens with one attached hydrogen (secondary N) is 1. The minimum Gasteiger partial charge on any atom is -0.350 e. The molecule has 0 fully saturated rings. The first-order valence-electron chi connectivity index (χ1n) is 7.40. The summed E-state index contributed by atoms with van der Waals surface area (Å²) in [5.41, 5.74) is 0.0991. The van der Waals surface area contributed by atoms with Crippen LogP contribution in [0.4, 0.5) is 8.78 Å². The summed E-state index contributed by atoms with van der Waals surface area (Å²) >= 11 is 1.50. The van der Waals surface area contributed by atoms with E-state index in [4.69, 9.17) is 0 Å². The average Bonchev–Trinajstić information content (AvgIpc) is 3.11. The summed E-state index contributed by atoms with van der Waals surface area (Å²) < 4.78 is 27.7. The molecule has 3 rings (SSSR count). The van der Waals surface area contributed by atoms with Gasteiger partial charge in [-0.3, -0.25) is 9.59 Å². The van der Waals surface area contributed by atoms with Gasteiger partial charge in [0.1, 0.15) is 17.3 Å². The molecule has 1 N–H and O–H groups in total. The number of aromatic nitrogens is 2. The predicted octanol–water partition coefficient (Wildman–Crippen LogP) is 2.68. The second kappa shape index (κ2) is 7.35. The lowest BCUT2D eigenvalue weighted by Gasteiger charge is -2.08. The van der Waals surface area contributed by atoms with Crippen molar-refractivity contribution in [2.45, 2.75) is 6.54 Å². The fourth-order valence-corrected chi connectivity index (χ4v) is 2.90. The van der Waals surface area contributed by atoms with E-state index in [0.717, 1.165) is 17.0 Å². The number of hydrogen-bond acceptors (Lipinski definition) is 4. The Balaban J connectivity index is 1.67. The molecule has 0 aliphatic heterocycles. The van der Waals surface area contributed by atoms with Gasteiger partial charge < -0.3 is 5.32 Å². The van der Waals surface area contributed by atoms with Crippen LogP contribution in [-0.2, 0) is 6.54 Å². The smallest absolute Gasteiger partial charge is 0.266 e. The molecule has 0 aliphatic rings. The van der Waals surface area contributed by atoms with Crippen molar-refractivity contribution in [3.05, 3.63) is 75.4 Å². The third-order valence-electron chi connectivity index (χ3n) is 3.43. The maximum Gasteiger partial charge on any atom is 0.266 e. The fraction of sp³-hybridized carbons (Fsp3) is 0.118. The van der Waals surface area contributed by atoms with E-state index in [0.29, 0.717) is 11.8 Å². The average molecular weight is 361 g/mol. The van der Waals surface area contributed by atoms with Gasteiger partial charge in [0.05, 0.1) is 17.0 Å². The molecule has 3 aromatic rings. The Kier molecular flexibility index (Phi) is 4.99. The molecule has 1 aromatic carbocycles. The minimum atomic E-state index is -0.938. The molecule has 1 amide bonds. The zero-order valence-electron chi connectivity index (χ0n) is 12.9. The Morgan fingerprint density at radius 3 is 2.76 bits per heavy atom. The molecule has 0 saturated heterocycles. The molecule has 0 saturated carbocycles. The highest BCUT2D eigenvalue weighted by Gasteiger charge is 2.12. The van der Waals surface area contributed by atoms with Crippen molar-refractivity contribution in [2.75, 3.05) is 6.54 Å². The maximum absolute atomic E-state index is 13.6. The lowest BCUT2D eigenvalue weighted by atomic mass is 10.2. The Bertz CT molecular complexity index is 955. The van der Waals surface area contributed by atoms with Gasteiger partial charge in [-0.15, -0.1) is 11.3 Å². The van der Waals surface area contributed by atoms with E-state index < -0.39 is 17.5 Å². The largest absolute Gasteiger partial charge is 0.350 e. The van der Waals surface area contributed by atoms with E-state index >= 15 is 0 Å². The summed E-state index contributed by atoms with van der Waals surface area (Å²) in [6, 6.07) is 9.54. The summed E-state index contributed by atoms with van der Waals surface area (Å²) in [4.78, 5) is 24.7. The standard InChI is InChI=1S/C17H13F2N3O2S/c18-11-3-4-12(13(19)10-11)17(24)20-7-8-22-16(23)6-5-14(21-22)15-2-1-9-25-15/h1-6,9-10H,7-8H2,(H,20,24). The zero-order chi connectivity index (χ0) is 17.8. The number of amides is 1. The molecule has 0 unspecified atom stereocenters. The van der Waals surface area contributed by atoms with Gasteiger partial charge in [0.25, 0.3) is 11.5 Å². The van der Waals surface area contributed by atoms with Crippen LogP contribution in [0.3, 0.4) is 0 Å². The van der Waals surface area contributed by atoms with Gasteiger partial charge in [-0.1, -0.05) is 6.07 Å². The van der Waals surface area contributed by atoms with Gasteiger partial charge in [-0.25, -0.2) is 13.5 Å². The normalized spacial score (nSPS) is 10.6. The number of carbonyl (C=O) groups excluding carboxylic acids is 1. The van der Waals surface area contributed by atoms with Gasteiger partial charge in [-0.2, -0.15) is 5.10 Å². The number of benzene rings is 1. The van der Waals surface area contributed by atoms with E-state index in [1.54, 1.807) is 6.07 Å². The molecule has 0 aliphatic carbocycles. The van der Waals surface area contributed by atoms with Gasteiger partial charge in [0.2, 0.25) is 0 Å². The SMILES string of the molecule is O=C(NCCn1nc(-c2cccs2)ccc1=O)c1ccc(F)cc1F. The molecule has 0 atom stereocenters. The molecule has 0 radical (unpaired) electrons. The Labute approximate surface area is 145 Å². The third kappa shape index (κ3) is 3.97. The van der Waals surface area contributed by atoms with E-state index in [1.807, 2.05) is 17.5 Å². The second-order valence-electron chi connectivity index (χ2n) is 5.14. The zero-order valence-corrected chi connectivity index (χ0v) is 13.7. The summed E-state index contributed by atoms with van der Waals surface area (Å²) in [5, 5.41) is 8.65. The number of nitrogens with zero attached hydrogens (tertiary/aromatic N) is 2. The van der Waals surface area contributed by atoms with Crippen LogP contribution in [0.5, 0.6) is 0 Å². The highest BCUT2D eigenvalue weighted by molar-refractivity contribution is 7.13. The number of hydrogen-bond donors (Lipinski definition) is 1. The quantitative estimate of drug-likeness (QED) is 0.760. The Hall–Kier alpha value is -2.87. The Morgan fingerprint density at radius 1 is 1.20 bits per heavy atom. The lowest BCUT2D eigenvalue weighted by Crippen LogP contribution is -2.32. The summed E-state index contributed by atoms with van der Waals surface area (Å²) in [5.74, 6) is -2.37. The van der Waals surface area contributed by atoms with Crippen molar-refractivity contribution in [1.29, 1.82) is 0 Å². The highest BCUT2D eigenvalue weighted by Crippen LogP contribution is 2.20. The monoisotopic (exact) mass is 361 g/mol. The van der Waals surface area contributed by atoms with Gasteiger partial charge in [-0.05, 0) is 29.6 Å². The minimum absolute atomic E-state index is 0.0798. The molecular formula is C17H13F2N3O2S. The fourth-order valence-electron chi connectivity index (χ4n) is 2.21. The molecule has 8 heteroatoms. The number of carbonyl (C=O) groups is 1. The van der Waals surface area contributed by atoms with Crippen LogP contribution in [0, 0.1) is 11.6 Å². The van der Waals surface area contributed by atoms with Crippen molar-refractivity contribution in [3.63, 3.8) is 0 Å². The van der Waals surface area contributed by atoms with Crippen LogP contribution in [-0.4, -0.2) is 22.2 Å². The van der Waals surface area contributed by atoms with Gasteiger partial charge >= 0.3 is 0 Å². The van der Waals surface area contributed by atoms with Crippen LogP contribution >= 0.6 is 11.3 Å². The topological polar surface area (TPSA) is 64.0 Å². The van der Waals surface area contributed by atoms with Gasteiger partial charge in [0, 0.05) is 18.7 Å². The van der Waals surface area contributed by atoms with E-state index in [-0.39, 0.29) is 24.2 Å². The van der Waals surface area contributed by atoms with Crippen molar-refractivity contribution in [2.24, 2.45) is 0 Å². The summed E-state index contributed by atoms with van der Waals surface area (Å²) in [6.07, 6.45) is 0. The number of halogens is 2. The number of rotatable bonds is 5. The molecule has 0 bridgehead atoms.